The molecule has 0 aliphatic rings. The number of ether oxygens (including phenoxy) is 1. The molecule has 20 heavy (non-hydrogen) atoms. The number of hydrogen-bond acceptors (Lipinski definition) is 6. The number of aromatic nitrogens is 2. The van der Waals surface area contributed by atoms with Crippen LogP contribution < -0.4 is 10.1 Å². The zero-order valence-electron chi connectivity index (χ0n) is 10.8. The molecule has 0 spiro atoms. The summed E-state index contributed by atoms with van der Waals surface area (Å²) in [5.41, 5.74) is 2.22. The van der Waals surface area contributed by atoms with Crippen molar-refractivity contribution in [2.24, 2.45) is 0 Å². The van der Waals surface area contributed by atoms with Gasteiger partial charge in [-0.25, -0.2) is 4.98 Å². The molecule has 0 atom stereocenters. The van der Waals surface area contributed by atoms with Crippen molar-refractivity contribution in [3.8, 4) is 11.6 Å². The summed E-state index contributed by atoms with van der Waals surface area (Å²) in [5, 5.41) is 12.4. The van der Waals surface area contributed by atoms with Crippen molar-refractivity contribution >= 4 is 17.1 Å². The van der Waals surface area contributed by atoms with Gasteiger partial charge in [0.1, 0.15) is 11.3 Å². The van der Waals surface area contributed by atoms with E-state index >= 15 is 0 Å². The Hall–Kier alpha value is -2.76. The predicted octanol–water partition coefficient (Wildman–Crippen LogP) is 2.55. The Balaban J connectivity index is 1.72. The summed E-state index contributed by atoms with van der Waals surface area (Å²) in [4.78, 5) is 8.39. The molecular formula is C14H13N3O3. The Morgan fingerprint density at radius 3 is 2.95 bits per heavy atom. The number of rotatable bonds is 4. The van der Waals surface area contributed by atoms with Crippen molar-refractivity contribution in [3.05, 3.63) is 42.1 Å². The molecular weight excluding hydrogens is 258 g/mol. The lowest BCUT2D eigenvalue weighted by Crippen LogP contribution is -2.00. The van der Waals surface area contributed by atoms with Crippen LogP contribution in [0.5, 0.6) is 11.6 Å². The maximum atomic E-state index is 9.37. The van der Waals surface area contributed by atoms with E-state index in [9.17, 15) is 5.11 Å². The summed E-state index contributed by atoms with van der Waals surface area (Å²) in [5.74, 6) is 0.727. The standard InChI is InChI=1S/C14H13N3O3/c1-19-13-5-2-9(7-15-13)8-16-14-17-11-4-3-10(18)6-12(11)20-14/h2-7,18H,8H2,1H3,(H,16,17). The topological polar surface area (TPSA) is 80.4 Å². The third-order valence-electron chi connectivity index (χ3n) is 2.82. The molecule has 3 aromatic rings. The molecule has 2 N–H and O–H groups in total. The molecule has 0 amide bonds. The number of methoxy groups -OCH3 is 1. The minimum atomic E-state index is 0.152. The summed E-state index contributed by atoms with van der Waals surface area (Å²) >= 11 is 0. The van der Waals surface area contributed by atoms with Gasteiger partial charge in [0, 0.05) is 24.9 Å². The van der Waals surface area contributed by atoms with Crippen LogP contribution in [0.2, 0.25) is 0 Å². The average molecular weight is 271 g/mol. The van der Waals surface area contributed by atoms with Gasteiger partial charge in [0.2, 0.25) is 5.88 Å². The lowest BCUT2D eigenvalue weighted by atomic mass is 10.3. The molecule has 0 fully saturated rings. The van der Waals surface area contributed by atoms with Crippen LogP contribution in [0, 0.1) is 0 Å². The quantitative estimate of drug-likeness (QED) is 0.759. The van der Waals surface area contributed by atoms with Gasteiger partial charge < -0.3 is 19.6 Å². The molecule has 2 aromatic heterocycles. The summed E-state index contributed by atoms with van der Waals surface area (Å²) < 4.78 is 10.5. The van der Waals surface area contributed by atoms with E-state index in [0.717, 1.165) is 5.56 Å². The van der Waals surface area contributed by atoms with Crippen molar-refractivity contribution < 1.29 is 14.3 Å². The van der Waals surface area contributed by atoms with Crippen LogP contribution in [-0.4, -0.2) is 22.2 Å². The Kier molecular flexibility index (Phi) is 3.12. The van der Waals surface area contributed by atoms with Crippen LogP contribution in [0.25, 0.3) is 11.1 Å². The van der Waals surface area contributed by atoms with Gasteiger partial charge in [0.15, 0.2) is 5.58 Å². The third-order valence-corrected chi connectivity index (χ3v) is 2.82. The van der Waals surface area contributed by atoms with E-state index in [1.54, 1.807) is 31.5 Å². The number of anilines is 1. The summed E-state index contributed by atoms with van der Waals surface area (Å²) in [7, 11) is 1.58. The van der Waals surface area contributed by atoms with Gasteiger partial charge >= 0.3 is 0 Å². The average Bonchev–Trinajstić information content (AvgIpc) is 2.87. The first kappa shape index (κ1) is 12.3. The molecule has 2 heterocycles. The predicted molar refractivity (Wildman–Crippen MR) is 73.8 cm³/mol. The fourth-order valence-electron chi connectivity index (χ4n) is 1.80. The zero-order chi connectivity index (χ0) is 13.9. The minimum absolute atomic E-state index is 0.152. The van der Waals surface area contributed by atoms with E-state index in [1.807, 2.05) is 6.07 Å². The Bertz CT molecular complexity index is 722. The molecule has 6 nitrogen and oxygen atoms in total. The molecule has 102 valence electrons. The number of benzene rings is 1. The van der Waals surface area contributed by atoms with Gasteiger partial charge in [-0.15, -0.1) is 0 Å². The summed E-state index contributed by atoms with van der Waals surface area (Å²) in [6, 6.07) is 8.91. The first-order valence-electron chi connectivity index (χ1n) is 6.07. The molecule has 0 saturated carbocycles. The highest BCUT2D eigenvalue weighted by molar-refractivity contribution is 5.75. The van der Waals surface area contributed by atoms with Crippen LogP contribution in [0.4, 0.5) is 6.01 Å². The molecule has 0 radical (unpaired) electrons. The maximum Gasteiger partial charge on any atom is 0.295 e. The van der Waals surface area contributed by atoms with E-state index < -0.39 is 0 Å². The van der Waals surface area contributed by atoms with E-state index in [2.05, 4.69) is 15.3 Å². The van der Waals surface area contributed by atoms with Crippen molar-refractivity contribution in [1.29, 1.82) is 0 Å². The van der Waals surface area contributed by atoms with Gasteiger partial charge in [-0.2, -0.15) is 4.98 Å². The van der Waals surface area contributed by atoms with Crippen molar-refractivity contribution in [2.45, 2.75) is 6.54 Å². The molecule has 3 rings (SSSR count). The number of pyridine rings is 1. The maximum absolute atomic E-state index is 9.37. The van der Waals surface area contributed by atoms with Crippen LogP contribution in [0.1, 0.15) is 5.56 Å². The molecule has 0 saturated heterocycles. The van der Waals surface area contributed by atoms with Crippen LogP contribution >= 0.6 is 0 Å². The normalized spacial score (nSPS) is 10.7. The Morgan fingerprint density at radius 1 is 1.30 bits per heavy atom. The highest BCUT2D eigenvalue weighted by atomic mass is 16.5. The number of aromatic hydroxyl groups is 1. The first-order valence-corrected chi connectivity index (χ1v) is 6.07. The van der Waals surface area contributed by atoms with Crippen molar-refractivity contribution in [3.63, 3.8) is 0 Å². The fourth-order valence-corrected chi connectivity index (χ4v) is 1.80. The smallest absolute Gasteiger partial charge is 0.295 e. The SMILES string of the molecule is COc1ccc(CNc2nc3ccc(O)cc3o2)cn1. The zero-order valence-corrected chi connectivity index (χ0v) is 10.8. The van der Waals surface area contributed by atoms with Gasteiger partial charge in [-0.05, 0) is 17.7 Å². The minimum Gasteiger partial charge on any atom is -0.508 e. The Labute approximate surface area is 115 Å². The molecule has 0 aliphatic heterocycles. The lowest BCUT2D eigenvalue weighted by molar-refractivity contribution is 0.397. The highest BCUT2D eigenvalue weighted by Crippen LogP contribution is 2.23. The molecule has 6 heteroatoms. The number of fused-ring (bicyclic) bond motifs is 1. The molecule has 0 bridgehead atoms. The van der Waals surface area contributed by atoms with Gasteiger partial charge in [0.25, 0.3) is 6.01 Å². The summed E-state index contributed by atoms with van der Waals surface area (Å²) in [6.45, 7) is 0.537. The van der Waals surface area contributed by atoms with Gasteiger partial charge in [-0.3, -0.25) is 0 Å². The fraction of sp³-hybridized carbons (Fsp3) is 0.143. The summed E-state index contributed by atoms with van der Waals surface area (Å²) in [6.07, 6.45) is 1.72. The number of phenols is 1. The highest BCUT2D eigenvalue weighted by Gasteiger charge is 2.06. The number of phenolic OH excluding ortho intramolecular Hbond substituents is 1. The largest absolute Gasteiger partial charge is 0.508 e. The van der Waals surface area contributed by atoms with Gasteiger partial charge in [-0.1, -0.05) is 6.07 Å². The van der Waals surface area contributed by atoms with Crippen molar-refractivity contribution in [2.75, 3.05) is 12.4 Å². The molecule has 0 unspecified atom stereocenters. The lowest BCUT2D eigenvalue weighted by Gasteiger charge is -2.02. The Morgan fingerprint density at radius 2 is 2.20 bits per heavy atom. The van der Waals surface area contributed by atoms with Crippen molar-refractivity contribution in [1.82, 2.24) is 9.97 Å². The van der Waals surface area contributed by atoms with Crippen LogP contribution in [-0.2, 0) is 6.54 Å². The van der Waals surface area contributed by atoms with E-state index in [-0.39, 0.29) is 5.75 Å². The number of oxazole rings is 1. The second kappa shape index (κ2) is 5.08. The number of nitrogens with one attached hydrogen (secondary N) is 1. The third kappa shape index (κ3) is 2.49. The van der Waals surface area contributed by atoms with Crippen LogP contribution in [0.15, 0.2) is 40.9 Å². The van der Waals surface area contributed by atoms with E-state index in [4.69, 9.17) is 9.15 Å². The number of nitrogens with zero attached hydrogens (tertiary/aromatic N) is 2. The second-order valence-electron chi connectivity index (χ2n) is 4.23. The van der Waals surface area contributed by atoms with E-state index in [1.165, 1.54) is 6.07 Å². The van der Waals surface area contributed by atoms with E-state index in [0.29, 0.717) is 29.5 Å². The molecule has 0 aliphatic carbocycles. The monoisotopic (exact) mass is 271 g/mol. The first-order chi connectivity index (χ1) is 9.74. The van der Waals surface area contributed by atoms with Crippen LogP contribution in [0.3, 0.4) is 0 Å². The van der Waals surface area contributed by atoms with Gasteiger partial charge in [0.05, 0.1) is 7.11 Å². The molecule has 1 aromatic carbocycles. The second-order valence-corrected chi connectivity index (χ2v) is 4.23. The number of hydrogen-bond donors (Lipinski definition) is 2.